The van der Waals surface area contributed by atoms with Gasteiger partial charge in [0, 0.05) is 23.6 Å². The SMILES string of the molecule is COc1ccc(Cc2nnc(NC(=O)c3ccc([N+](=O)[O-])c(C)c3)s2)cc1OC. The van der Waals surface area contributed by atoms with Gasteiger partial charge in [-0.05, 0) is 36.8 Å². The summed E-state index contributed by atoms with van der Waals surface area (Å²) in [5.74, 6) is 0.855. The van der Waals surface area contributed by atoms with E-state index in [-0.39, 0.29) is 5.69 Å². The predicted molar refractivity (Wildman–Crippen MR) is 108 cm³/mol. The Morgan fingerprint density at radius 3 is 2.55 bits per heavy atom. The largest absolute Gasteiger partial charge is 0.493 e. The number of hydrogen-bond acceptors (Lipinski definition) is 8. The molecule has 0 aliphatic carbocycles. The van der Waals surface area contributed by atoms with Gasteiger partial charge in [0.15, 0.2) is 11.5 Å². The molecule has 0 unspecified atom stereocenters. The second-order valence-electron chi connectivity index (χ2n) is 6.08. The van der Waals surface area contributed by atoms with Gasteiger partial charge in [0.1, 0.15) is 5.01 Å². The van der Waals surface area contributed by atoms with Crippen molar-refractivity contribution in [2.24, 2.45) is 0 Å². The first-order valence-corrected chi connectivity index (χ1v) is 9.32. The fraction of sp³-hybridized carbons (Fsp3) is 0.211. The summed E-state index contributed by atoms with van der Waals surface area (Å²) in [5, 5.41) is 22.7. The lowest BCUT2D eigenvalue weighted by molar-refractivity contribution is -0.385. The number of nitro groups is 1. The zero-order valence-electron chi connectivity index (χ0n) is 16.0. The first-order chi connectivity index (χ1) is 13.9. The van der Waals surface area contributed by atoms with E-state index < -0.39 is 10.8 Å². The molecule has 0 saturated carbocycles. The topological polar surface area (TPSA) is 116 Å². The summed E-state index contributed by atoms with van der Waals surface area (Å²) in [5.41, 5.74) is 1.65. The average Bonchev–Trinajstić information content (AvgIpc) is 3.14. The minimum absolute atomic E-state index is 0.0327. The number of anilines is 1. The Morgan fingerprint density at radius 1 is 1.14 bits per heavy atom. The van der Waals surface area contributed by atoms with Gasteiger partial charge in [-0.2, -0.15) is 0 Å². The van der Waals surface area contributed by atoms with Gasteiger partial charge in [-0.25, -0.2) is 0 Å². The van der Waals surface area contributed by atoms with Gasteiger partial charge in [0.25, 0.3) is 11.6 Å². The monoisotopic (exact) mass is 414 g/mol. The summed E-state index contributed by atoms with van der Waals surface area (Å²) in [6.07, 6.45) is 0.518. The number of aromatic nitrogens is 2. The number of nitro benzene ring substituents is 1. The number of aryl methyl sites for hydroxylation is 1. The van der Waals surface area contributed by atoms with Gasteiger partial charge >= 0.3 is 0 Å². The quantitative estimate of drug-likeness (QED) is 0.463. The van der Waals surface area contributed by atoms with Crippen molar-refractivity contribution in [2.75, 3.05) is 19.5 Å². The van der Waals surface area contributed by atoms with Gasteiger partial charge in [0.2, 0.25) is 5.13 Å². The fourth-order valence-corrected chi connectivity index (χ4v) is 3.48. The predicted octanol–water partition coefficient (Wildman–Crippen LogP) is 3.62. The molecule has 0 aliphatic rings. The summed E-state index contributed by atoms with van der Waals surface area (Å²) in [4.78, 5) is 22.8. The number of carbonyl (C=O) groups excluding carboxylic acids is 1. The third-order valence-electron chi connectivity index (χ3n) is 4.15. The summed E-state index contributed by atoms with van der Waals surface area (Å²) in [6, 6.07) is 9.77. The van der Waals surface area contributed by atoms with Crippen LogP contribution in [-0.4, -0.2) is 35.2 Å². The maximum Gasteiger partial charge on any atom is 0.272 e. The van der Waals surface area contributed by atoms with Crippen molar-refractivity contribution in [1.29, 1.82) is 0 Å². The Balaban J connectivity index is 1.69. The van der Waals surface area contributed by atoms with Gasteiger partial charge in [0.05, 0.1) is 19.1 Å². The number of ether oxygens (including phenoxy) is 2. The summed E-state index contributed by atoms with van der Waals surface area (Å²) in [7, 11) is 3.14. The molecule has 0 radical (unpaired) electrons. The van der Waals surface area contributed by atoms with E-state index in [1.165, 1.54) is 29.5 Å². The van der Waals surface area contributed by atoms with E-state index in [9.17, 15) is 14.9 Å². The highest BCUT2D eigenvalue weighted by molar-refractivity contribution is 7.15. The third kappa shape index (κ3) is 4.66. The summed E-state index contributed by atoms with van der Waals surface area (Å²) in [6.45, 7) is 1.58. The van der Waals surface area contributed by atoms with E-state index >= 15 is 0 Å². The molecule has 1 amide bonds. The average molecular weight is 414 g/mol. The standard InChI is InChI=1S/C19H18N4O5S/c1-11-8-13(5-6-14(11)23(25)26)18(24)20-19-22-21-17(29-19)10-12-4-7-15(27-2)16(9-12)28-3/h4-9H,10H2,1-3H3,(H,20,22,24). The molecule has 9 nitrogen and oxygen atoms in total. The molecule has 150 valence electrons. The van der Waals surface area contributed by atoms with E-state index in [1.807, 2.05) is 18.2 Å². The van der Waals surface area contributed by atoms with E-state index in [1.54, 1.807) is 21.1 Å². The molecule has 2 aromatic carbocycles. The third-order valence-corrected chi connectivity index (χ3v) is 4.98. The first-order valence-electron chi connectivity index (χ1n) is 8.51. The molecule has 1 N–H and O–H groups in total. The molecular formula is C19H18N4O5S. The number of rotatable bonds is 7. The van der Waals surface area contributed by atoms with Crippen LogP contribution in [0.4, 0.5) is 10.8 Å². The molecule has 0 fully saturated rings. The second kappa shape index (κ2) is 8.65. The van der Waals surface area contributed by atoms with Gasteiger partial charge in [-0.3, -0.25) is 20.2 Å². The maximum atomic E-state index is 12.4. The van der Waals surface area contributed by atoms with Crippen molar-refractivity contribution in [3.8, 4) is 11.5 Å². The molecule has 0 aliphatic heterocycles. The molecule has 0 spiro atoms. The fourth-order valence-electron chi connectivity index (χ4n) is 2.71. The van der Waals surface area contributed by atoms with Gasteiger partial charge < -0.3 is 9.47 Å². The highest BCUT2D eigenvalue weighted by Gasteiger charge is 2.16. The van der Waals surface area contributed by atoms with Crippen molar-refractivity contribution in [3.05, 3.63) is 68.2 Å². The van der Waals surface area contributed by atoms with Gasteiger partial charge in [-0.15, -0.1) is 10.2 Å². The van der Waals surface area contributed by atoms with Crippen LogP contribution in [0.3, 0.4) is 0 Å². The molecular weight excluding hydrogens is 396 g/mol. The zero-order valence-corrected chi connectivity index (χ0v) is 16.8. The van der Waals surface area contributed by atoms with Crippen LogP contribution in [0.15, 0.2) is 36.4 Å². The van der Waals surface area contributed by atoms with Crippen LogP contribution in [0.25, 0.3) is 0 Å². The van der Waals surface area contributed by atoms with Crippen LogP contribution in [0.5, 0.6) is 11.5 Å². The summed E-state index contributed by atoms with van der Waals surface area (Å²) < 4.78 is 10.5. The summed E-state index contributed by atoms with van der Waals surface area (Å²) >= 11 is 1.25. The Morgan fingerprint density at radius 2 is 1.90 bits per heavy atom. The smallest absolute Gasteiger partial charge is 0.272 e. The zero-order chi connectivity index (χ0) is 21.0. The van der Waals surface area contributed by atoms with Crippen LogP contribution < -0.4 is 14.8 Å². The molecule has 10 heteroatoms. The molecule has 29 heavy (non-hydrogen) atoms. The van der Waals surface area contributed by atoms with Crippen LogP contribution in [0.2, 0.25) is 0 Å². The van der Waals surface area contributed by atoms with Crippen LogP contribution in [-0.2, 0) is 6.42 Å². The number of hydrogen-bond donors (Lipinski definition) is 1. The number of benzene rings is 2. The molecule has 3 rings (SSSR count). The van der Waals surface area contributed by atoms with Crippen LogP contribution in [0.1, 0.15) is 26.5 Å². The molecule has 0 saturated heterocycles. The highest BCUT2D eigenvalue weighted by atomic mass is 32.1. The Labute approximate surface area is 170 Å². The molecule has 3 aromatic rings. The molecule has 0 atom stereocenters. The second-order valence-corrected chi connectivity index (χ2v) is 7.14. The van der Waals surface area contributed by atoms with E-state index in [0.29, 0.717) is 39.2 Å². The Bertz CT molecular complexity index is 1070. The van der Waals surface area contributed by atoms with E-state index in [2.05, 4.69) is 15.5 Å². The van der Waals surface area contributed by atoms with Crippen molar-refractivity contribution < 1.29 is 19.2 Å². The number of methoxy groups -OCH3 is 2. The highest BCUT2D eigenvalue weighted by Crippen LogP contribution is 2.29. The minimum atomic E-state index is -0.484. The lowest BCUT2D eigenvalue weighted by atomic mass is 10.1. The molecule has 1 aromatic heterocycles. The van der Waals surface area contributed by atoms with Gasteiger partial charge in [-0.1, -0.05) is 17.4 Å². The van der Waals surface area contributed by atoms with E-state index in [0.717, 1.165) is 5.56 Å². The first kappa shape index (κ1) is 20.2. The molecule has 1 heterocycles. The Kier molecular flexibility index (Phi) is 6.03. The lowest BCUT2D eigenvalue weighted by Gasteiger charge is -2.08. The Hall–Kier alpha value is -3.53. The number of nitrogens with one attached hydrogen (secondary N) is 1. The van der Waals surface area contributed by atoms with Crippen LogP contribution in [0, 0.1) is 17.0 Å². The minimum Gasteiger partial charge on any atom is -0.493 e. The van der Waals surface area contributed by atoms with Crippen molar-refractivity contribution in [2.45, 2.75) is 13.3 Å². The van der Waals surface area contributed by atoms with Crippen molar-refractivity contribution in [3.63, 3.8) is 0 Å². The van der Waals surface area contributed by atoms with Crippen molar-refractivity contribution >= 4 is 28.1 Å². The lowest BCUT2D eigenvalue weighted by Crippen LogP contribution is -2.12. The maximum absolute atomic E-state index is 12.4. The van der Waals surface area contributed by atoms with Crippen LogP contribution >= 0.6 is 11.3 Å². The van der Waals surface area contributed by atoms with E-state index in [4.69, 9.17) is 9.47 Å². The normalized spacial score (nSPS) is 10.4. The molecule has 0 bridgehead atoms. The number of amides is 1. The number of nitrogens with zero attached hydrogens (tertiary/aromatic N) is 3. The van der Waals surface area contributed by atoms with Crippen molar-refractivity contribution in [1.82, 2.24) is 10.2 Å². The number of carbonyl (C=O) groups is 1.